The van der Waals surface area contributed by atoms with Gasteiger partial charge in [0.25, 0.3) is 0 Å². The lowest BCUT2D eigenvalue weighted by Crippen LogP contribution is -2.29. The molecule has 0 radical (unpaired) electrons. The molecule has 0 aliphatic heterocycles. The van der Waals surface area contributed by atoms with Gasteiger partial charge in [0, 0.05) is 24.0 Å². The molecule has 1 saturated carbocycles. The van der Waals surface area contributed by atoms with Gasteiger partial charge in [-0.3, -0.25) is 4.90 Å². The van der Waals surface area contributed by atoms with Crippen LogP contribution in [0.2, 0.25) is 0 Å². The van der Waals surface area contributed by atoms with E-state index in [1.165, 1.54) is 28.4 Å². The summed E-state index contributed by atoms with van der Waals surface area (Å²) in [6, 6.07) is 0.817. The molecule has 1 heterocycles. The Balaban J connectivity index is 1.70. The van der Waals surface area contributed by atoms with Crippen molar-refractivity contribution in [2.24, 2.45) is 0 Å². The minimum Gasteiger partial charge on any atom is -0.313 e. The van der Waals surface area contributed by atoms with Crippen LogP contribution in [0.5, 0.6) is 0 Å². The van der Waals surface area contributed by atoms with Crippen LogP contribution in [0, 0.1) is 13.8 Å². The zero-order chi connectivity index (χ0) is 11.5. The van der Waals surface area contributed by atoms with Crippen LogP contribution in [0.25, 0.3) is 0 Å². The van der Waals surface area contributed by atoms with Gasteiger partial charge in [-0.15, -0.1) is 11.3 Å². The molecule has 1 aromatic rings. The van der Waals surface area contributed by atoms with Crippen molar-refractivity contribution in [1.82, 2.24) is 15.2 Å². The SMILES string of the molecule is Cc1nc(CN(C)CCNC2CC2)sc1C. The molecule has 1 N–H and O–H groups in total. The number of likely N-dealkylation sites (N-methyl/N-ethyl adjacent to an activating group) is 1. The van der Waals surface area contributed by atoms with Gasteiger partial charge >= 0.3 is 0 Å². The minimum absolute atomic E-state index is 0.817. The van der Waals surface area contributed by atoms with Crippen molar-refractivity contribution in [1.29, 1.82) is 0 Å². The molecule has 0 atom stereocenters. The van der Waals surface area contributed by atoms with Gasteiger partial charge in [0.2, 0.25) is 0 Å². The fourth-order valence-electron chi connectivity index (χ4n) is 1.66. The fourth-order valence-corrected chi connectivity index (χ4v) is 2.68. The highest BCUT2D eigenvalue weighted by Gasteiger charge is 2.19. The molecule has 0 bridgehead atoms. The Hall–Kier alpha value is -0.450. The van der Waals surface area contributed by atoms with Gasteiger partial charge in [-0.25, -0.2) is 4.98 Å². The zero-order valence-electron chi connectivity index (χ0n) is 10.4. The molecule has 90 valence electrons. The van der Waals surface area contributed by atoms with Crippen LogP contribution >= 0.6 is 11.3 Å². The van der Waals surface area contributed by atoms with Crippen LogP contribution in [0.15, 0.2) is 0 Å². The molecule has 4 heteroatoms. The molecular weight excluding hydrogens is 218 g/mol. The van der Waals surface area contributed by atoms with E-state index in [0.717, 1.165) is 25.7 Å². The Kier molecular flexibility index (Phi) is 3.95. The van der Waals surface area contributed by atoms with Crippen molar-refractivity contribution in [2.45, 2.75) is 39.3 Å². The van der Waals surface area contributed by atoms with Crippen LogP contribution in [-0.2, 0) is 6.54 Å². The van der Waals surface area contributed by atoms with Crippen LogP contribution in [0.1, 0.15) is 28.4 Å². The summed E-state index contributed by atoms with van der Waals surface area (Å²) in [4.78, 5) is 8.25. The van der Waals surface area contributed by atoms with Crippen molar-refractivity contribution in [3.8, 4) is 0 Å². The summed E-state index contributed by atoms with van der Waals surface area (Å²) < 4.78 is 0. The van der Waals surface area contributed by atoms with E-state index < -0.39 is 0 Å². The van der Waals surface area contributed by atoms with Crippen molar-refractivity contribution >= 4 is 11.3 Å². The molecule has 0 saturated heterocycles. The summed E-state index contributed by atoms with van der Waals surface area (Å²) in [5, 5.41) is 4.77. The largest absolute Gasteiger partial charge is 0.313 e. The normalized spacial score (nSPS) is 16.0. The smallest absolute Gasteiger partial charge is 0.107 e. The van der Waals surface area contributed by atoms with E-state index in [4.69, 9.17) is 0 Å². The first-order valence-corrected chi connectivity index (χ1v) is 6.81. The van der Waals surface area contributed by atoms with Gasteiger partial charge in [0.1, 0.15) is 5.01 Å². The summed E-state index contributed by atoms with van der Waals surface area (Å²) in [5.74, 6) is 0. The molecule has 1 fully saturated rings. The molecule has 16 heavy (non-hydrogen) atoms. The lowest BCUT2D eigenvalue weighted by molar-refractivity contribution is 0.323. The standard InChI is InChI=1S/C12H21N3S/c1-9-10(2)16-12(14-9)8-15(3)7-6-13-11-4-5-11/h11,13H,4-8H2,1-3H3. The topological polar surface area (TPSA) is 28.2 Å². The minimum atomic E-state index is 0.817. The van der Waals surface area contributed by atoms with Crippen LogP contribution in [0.3, 0.4) is 0 Å². The fraction of sp³-hybridized carbons (Fsp3) is 0.750. The van der Waals surface area contributed by atoms with Crippen LogP contribution in [-0.4, -0.2) is 36.1 Å². The van der Waals surface area contributed by atoms with E-state index >= 15 is 0 Å². The first-order valence-electron chi connectivity index (χ1n) is 6.00. The predicted molar refractivity (Wildman–Crippen MR) is 68.9 cm³/mol. The molecular formula is C12H21N3S. The highest BCUT2D eigenvalue weighted by Crippen LogP contribution is 2.19. The third-order valence-electron chi connectivity index (χ3n) is 2.98. The van der Waals surface area contributed by atoms with E-state index in [2.05, 4.69) is 36.1 Å². The molecule has 0 unspecified atom stereocenters. The maximum absolute atomic E-state index is 4.56. The number of aryl methyl sites for hydroxylation is 2. The summed E-state index contributed by atoms with van der Waals surface area (Å²) in [7, 11) is 2.17. The number of rotatable bonds is 6. The molecule has 1 aliphatic carbocycles. The Morgan fingerprint density at radius 3 is 2.75 bits per heavy atom. The number of aromatic nitrogens is 1. The van der Waals surface area contributed by atoms with Crippen molar-refractivity contribution in [3.63, 3.8) is 0 Å². The van der Waals surface area contributed by atoms with Gasteiger partial charge in [0.05, 0.1) is 12.2 Å². The van der Waals surface area contributed by atoms with Crippen LogP contribution < -0.4 is 5.32 Å². The van der Waals surface area contributed by atoms with Gasteiger partial charge in [0.15, 0.2) is 0 Å². The van der Waals surface area contributed by atoms with Gasteiger partial charge in [-0.05, 0) is 33.7 Å². The van der Waals surface area contributed by atoms with Gasteiger partial charge < -0.3 is 5.32 Å². The van der Waals surface area contributed by atoms with E-state index in [0.29, 0.717) is 0 Å². The highest BCUT2D eigenvalue weighted by molar-refractivity contribution is 7.11. The highest BCUT2D eigenvalue weighted by atomic mass is 32.1. The number of hydrogen-bond donors (Lipinski definition) is 1. The average molecular weight is 239 g/mol. The lowest BCUT2D eigenvalue weighted by Gasteiger charge is -2.15. The second-order valence-electron chi connectivity index (χ2n) is 4.72. The number of nitrogens with one attached hydrogen (secondary N) is 1. The summed E-state index contributed by atoms with van der Waals surface area (Å²) in [6.07, 6.45) is 2.74. The van der Waals surface area contributed by atoms with Crippen molar-refractivity contribution < 1.29 is 0 Å². The third kappa shape index (κ3) is 3.54. The lowest BCUT2D eigenvalue weighted by atomic mass is 10.4. The molecule has 0 amide bonds. The summed E-state index contributed by atoms with van der Waals surface area (Å²) in [6.45, 7) is 7.42. The predicted octanol–water partition coefficient (Wildman–Crippen LogP) is 1.94. The van der Waals surface area contributed by atoms with Crippen molar-refractivity contribution in [2.75, 3.05) is 20.1 Å². The molecule has 0 spiro atoms. The second kappa shape index (κ2) is 5.25. The first kappa shape index (κ1) is 12.0. The molecule has 1 aliphatic rings. The Labute approximate surface area is 102 Å². The monoisotopic (exact) mass is 239 g/mol. The Bertz CT molecular complexity index is 325. The van der Waals surface area contributed by atoms with Gasteiger partial charge in [-0.1, -0.05) is 0 Å². The zero-order valence-corrected chi connectivity index (χ0v) is 11.2. The van der Waals surface area contributed by atoms with Gasteiger partial charge in [-0.2, -0.15) is 0 Å². The van der Waals surface area contributed by atoms with E-state index in [1.807, 2.05) is 11.3 Å². The molecule has 1 aromatic heterocycles. The third-order valence-corrected chi connectivity index (χ3v) is 4.04. The quantitative estimate of drug-likeness (QED) is 0.822. The summed E-state index contributed by atoms with van der Waals surface area (Å²) >= 11 is 1.82. The first-order chi connectivity index (χ1) is 7.65. The van der Waals surface area contributed by atoms with E-state index in [-0.39, 0.29) is 0 Å². The second-order valence-corrected chi connectivity index (χ2v) is 6.00. The molecule has 0 aromatic carbocycles. The molecule has 3 nitrogen and oxygen atoms in total. The molecule has 2 rings (SSSR count). The Morgan fingerprint density at radius 2 is 2.19 bits per heavy atom. The Morgan fingerprint density at radius 1 is 1.44 bits per heavy atom. The van der Waals surface area contributed by atoms with E-state index in [9.17, 15) is 0 Å². The number of hydrogen-bond acceptors (Lipinski definition) is 4. The number of thiazole rings is 1. The number of nitrogens with zero attached hydrogens (tertiary/aromatic N) is 2. The van der Waals surface area contributed by atoms with E-state index in [1.54, 1.807) is 0 Å². The summed E-state index contributed by atoms with van der Waals surface area (Å²) in [5.41, 5.74) is 1.18. The average Bonchev–Trinajstić information content (AvgIpc) is 2.96. The maximum Gasteiger partial charge on any atom is 0.107 e. The van der Waals surface area contributed by atoms with Crippen molar-refractivity contribution in [3.05, 3.63) is 15.6 Å². The van der Waals surface area contributed by atoms with Crippen LogP contribution in [0.4, 0.5) is 0 Å². The maximum atomic E-state index is 4.56.